The van der Waals surface area contributed by atoms with Gasteiger partial charge in [0.2, 0.25) is 0 Å². The van der Waals surface area contributed by atoms with Gasteiger partial charge < -0.3 is 5.32 Å². The lowest BCUT2D eigenvalue weighted by atomic mass is 10.1. The number of nitrogens with zero attached hydrogens (tertiary/aromatic N) is 2. The molecule has 1 fully saturated rings. The molecule has 1 aromatic rings. The molecule has 1 aliphatic rings. The first kappa shape index (κ1) is 14.8. The van der Waals surface area contributed by atoms with Crippen molar-refractivity contribution in [1.82, 2.24) is 9.97 Å². The Balaban J connectivity index is 2.32. The highest BCUT2D eigenvalue weighted by atomic mass is 79.9. The smallest absolute Gasteiger partial charge is 0.144 e. The van der Waals surface area contributed by atoms with Crippen LogP contribution in [0.5, 0.6) is 0 Å². The largest absolute Gasteiger partial charge is 0.369 e. The molecule has 0 aliphatic heterocycles. The van der Waals surface area contributed by atoms with Gasteiger partial charge in [0.15, 0.2) is 0 Å². The van der Waals surface area contributed by atoms with E-state index in [4.69, 9.17) is 9.97 Å². The highest BCUT2D eigenvalue weighted by Gasteiger charge is 2.26. The Morgan fingerprint density at radius 1 is 1.26 bits per heavy atom. The fourth-order valence-electron chi connectivity index (χ4n) is 2.82. The Kier molecular flexibility index (Phi) is 5.20. The summed E-state index contributed by atoms with van der Waals surface area (Å²) in [5, 5.41) is 3.35. The SMILES string of the molecule is CCCc1nc(C2CCC(C)C2)nc(NCC)c1Br. The minimum atomic E-state index is 0.552. The second kappa shape index (κ2) is 6.69. The summed E-state index contributed by atoms with van der Waals surface area (Å²) in [6, 6.07) is 0. The first-order valence-corrected chi connectivity index (χ1v) is 8.25. The summed E-state index contributed by atoms with van der Waals surface area (Å²) in [5.41, 5.74) is 1.16. The van der Waals surface area contributed by atoms with Crippen LogP contribution in [0, 0.1) is 5.92 Å². The van der Waals surface area contributed by atoms with E-state index >= 15 is 0 Å². The van der Waals surface area contributed by atoms with Gasteiger partial charge in [0.1, 0.15) is 11.6 Å². The molecule has 2 rings (SSSR count). The van der Waals surface area contributed by atoms with Crippen LogP contribution >= 0.6 is 15.9 Å². The first-order valence-electron chi connectivity index (χ1n) is 7.45. The minimum absolute atomic E-state index is 0.552. The van der Waals surface area contributed by atoms with E-state index in [0.29, 0.717) is 5.92 Å². The molecule has 0 spiro atoms. The van der Waals surface area contributed by atoms with E-state index in [1.54, 1.807) is 0 Å². The number of rotatable bonds is 5. The fourth-order valence-corrected chi connectivity index (χ4v) is 3.34. The zero-order chi connectivity index (χ0) is 13.8. The van der Waals surface area contributed by atoms with Gasteiger partial charge in [-0.1, -0.05) is 20.3 Å². The molecule has 106 valence electrons. The first-order chi connectivity index (χ1) is 9.15. The number of aromatic nitrogens is 2. The van der Waals surface area contributed by atoms with Crippen molar-refractivity contribution in [2.24, 2.45) is 5.92 Å². The second-order valence-corrected chi connectivity index (χ2v) is 6.38. The van der Waals surface area contributed by atoms with Crippen molar-refractivity contribution in [2.45, 2.75) is 58.8 Å². The summed E-state index contributed by atoms with van der Waals surface area (Å²) in [6.07, 6.45) is 5.90. The third-order valence-corrected chi connectivity index (χ3v) is 4.66. The Bertz CT molecular complexity index is 406. The Hall–Kier alpha value is -0.640. The van der Waals surface area contributed by atoms with Crippen LogP contribution in [0.3, 0.4) is 0 Å². The average Bonchev–Trinajstić information content (AvgIpc) is 2.81. The zero-order valence-electron chi connectivity index (χ0n) is 12.2. The monoisotopic (exact) mass is 325 g/mol. The molecule has 1 aliphatic carbocycles. The molecular formula is C15H24BrN3. The third-order valence-electron chi connectivity index (χ3n) is 3.83. The third kappa shape index (κ3) is 3.47. The van der Waals surface area contributed by atoms with Crippen molar-refractivity contribution >= 4 is 21.7 Å². The molecule has 0 aromatic carbocycles. The molecule has 1 aromatic heterocycles. The van der Waals surface area contributed by atoms with Gasteiger partial charge in [-0.25, -0.2) is 9.97 Å². The van der Waals surface area contributed by atoms with Crippen molar-refractivity contribution in [3.8, 4) is 0 Å². The Morgan fingerprint density at radius 2 is 2.05 bits per heavy atom. The standard InChI is InChI=1S/C15H24BrN3/c1-4-6-12-13(16)15(17-5-2)19-14(18-12)11-8-7-10(3)9-11/h10-11H,4-9H2,1-3H3,(H,17,18,19). The number of nitrogens with one attached hydrogen (secondary N) is 1. The van der Waals surface area contributed by atoms with E-state index in [1.807, 2.05) is 0 Å². The van der Waals surface area contributed by atoms with Crippen molar-refractivity contribution in [3.63, 3.8) is 0 Å². The van der Waals surface area contributed by atoms with Gasteiger partial charge in [-0.3, -0.25) is 0 Å². The number of aryl methyl sites for hydroxylation is 1. The van der Waals surface area contributed by atoms with Gasteiger partial charge >= 0.3 is 0 Å². The van der Waals surface area contributed by atoms with E-state index < -0.39 is 0 Å². The van der Waals surface area contributed by atoms with Gasteiger partial charge in [-0.15, -0.1) is 0 Å². The maximum Gasteiger partial charge on any atom is 0.144 e. The zero-order valence-corrected chi connectivity index (χ0v) is 13.8. The molecule has 19 heavy (non-hydrogen) atoms. The maximum atomic E-state index is 4.82. The molecule has 3 nitrogen and oxygen atoms in total. The predicted molar refractivity (Wildman–Crippen MR) is 83.6 cm³/mol. The molecule has 0 amide bonds. The van der Waals surface area contributed by atoms with Crippen LogP contribution in [0.25, 0.3) is 0 Å². The molecule has 1 saturated carbocycles. The normalized spacial score (nSPS) is 22.7. The number of anilines is 1. The minimum Gasteiger partial charge on any atom is -0.369 e. The Labute approximate surface area is 124 Å². The lowest BCUT2D eigenvalue weighted by Gasteiger charge is -2.15. The highest BCUT2D eigenvalue weighted by molar-refractivity contribution is 9.10. The summed E-state index contributed by atoms with van der Waals surface area (Å²) in [6.45, 7) is 7.52. The van der Waals surface area contributed by atoms with Crippen LogP contribution in [-0.2, 0) is 6.42 Å². The molecule has 0 saturated heterocycles. The van der Waals surface area contributed by atoms with Gasteiger partial charge in [-0.05, 0) is 54.5 Å². The van der Waals surface area contributed by atoms with Gasteiger partial charge in [0, 0.05) is 12.5 Å². The molecule has 2 unspecified atom stereocenters. The topological polar surface area (TPSA) is 37.8 Å². The molecule has 4 heteroatoms. The van der Waals surface area contributed by atoms with Crippen LogP contribution in [0.2, 0.25) is 0 Å². The lowest BCUT2D eigenvalue weighted by molar-refractivity contribution is 0.583. The van der Waals surface area contributed by atoms with E-state index in [1.165, 1.54) is 19.3 Å². The second-order valence-electron chi connectivity index (χ2n) is 5.59. The van der Waals surface area contributed by atoms with Crippen molar-refractivity contribution < 1.29 is 0 Å². The summed E-state index contributed by atoms with van der Waals surface area (Å²) in [5.74, 6) is 3.38. The van der Waals surface area contributed by atoms with E-state index in [-0.39, 0.29) is 0 Å². The fraction of sp³-hybridized carbons (Fsp3) is 0.733. The van der Waals surface area contributed by atoms with Crippen molar-refractivity contribution in [2.75, 3.05) is 11.9 Å². The number of hydrogen-bond donors (Lipinski definition) is 1. The molecule has 1 heterocycles. The Morgan fingerprint density at radius 3 is 2.63 bits per heavy atom. The van der Waals surface area contributed by atoms with Gasteiger partial charge in [0.25, 0.3) is 0 Å². The quantitative estimate of drug-likeness (QED) is 0.864. The maximum absolute atomic E-state index is 4.82. The summed E-state index contributed by atoms with van der Waals surface area (Å²) in [7, 11) is 0. The summed E-state index contributed by atoms with van der Waals surface area (Å²) >= 11 is 3.65. The molecular weight excluding hydrogens is 302 g/mol. The molecule has 0 bridgehead atoms. The molecule has 0 radical (unpaired) electrons. The van der Waals surface area contributed by atoms with Crippen LogP contribution in [0.1, 0.15) is 63.9 Å². The van der Waals surface area contributed by atoms with Crippen LogP contribution in [0.4, 0.5) is 5.82 Å². The number of halogens is 1. The number of hydrogen-bond acceptors (Lipinski definition) is 3. The summed E-state index contributed by atoms with van der Waals surface area (Å²) in [4.78, 5) is 9.58. The highest BCUT2D eigenvalue weighted by Crippen LogP contribution is 2.38. The van der Waals surface area contributed by atoms with Crippen molar-refractivity contribution in [1.29, 1.82) is 0 Å². The lowest BCUT2D eigenvalue weighted by Crippen LogP contribution is -2.10. The van der Waals surface area contributed by atoms with Gasteiger partial charge in [0.05, 0.1) is 10.2 Å². The average molecular weight is 326 g/mol. The summed E-state index contributed by atoms with van der Waals surface area (Å²) < 4.78 is 1.05. The predicted octanol–water partition coefficient (Wildman–Crippen LogP) is 4.53. The van der Waals surface area contributed by atoms with Gasteiger partial charge in [-0.2, -0.15) is 0 Å². The van der Waals surface area contributed by atoms with E-state index in [0.717, 1.165) is 47.1 Å². The van der Waals surface area contributed by atoms with Crippen molar-refractivity contribution in [3.05, 3.63) is 16.0 Å². The van der Waals surface area contributed by atoms with Crippen LogP contribution in [-0.4, -0.2) is 16.5 Å². The van der Waals surface area contributed by atoms with Crippen LogP contribution in [0.15, 0.2) is 4.47 Å². The van der Waals surface area contributed by atoms with Crippen LogP contribution < -0.4 is 5.32 Å². The van der Waals surface area contributed by atoms with E-state index in [2.05, 4.69) is 42.0 Å². The van der Waals surface area contributed by atoms with E-state index in [9.17, 15) is 0 Å². The molecule has 1 N–H and O–H groups in total. The molecule has 2 atom stereocenters.